The van der Waals surface area contributed by atoms with Crippen molar-refractivity contribution >= 4 is 27.7 Å². The topological polar surface area (TPSA) is 75.1 Å². The first-order chi connectivity index (χ1) is 8.56. The molecule has 5 nitrogen and oxygen atoms in total. The number of aryl methyl sites for hydroxylation is 1. The van der Waals surface area contributed by atoms with E-state index in [9.17, 15) is 9.90 Å². The molecule has 0 bridgehead atoms. The molecule has 0 radical (unpaired) electrons. The van der Waals surface area contributed by atoms with E-state index in [-0.39, 0.29) is 17.2 Å². The third-order valence-corrected chi connectivity index (χ3v) is 3.10. The Kier molecular flexibility index (Phi) is 3.57. The fourth-order valence-electron chi connectivity index (χ4n) is 1.35. The van der Waals surface area contributed by atoms with Crippen molar-refractivity contribution in [2.45, 2.75) is 6.92 Å². The lowest BCUT2D eigenvalue weighted by atomic mass is 10.2. The van der Waals surface area contributed by atoms with Gasteiger partial charge in [0, 0.05) is 16.9 Å². The number of hydrogen-bond acceptors (Lipinski definition) is 4. The second-order valence-corrected chi connectivity index (χ2v) is 4.56. The summed E-state index contributed by atoms with van der Waals surface area (Å²) in [6.45, 7) is 1.90. The van der Waals surface area contributed by atoms with Crippen molar-refractivity contribution in [3.63, 3.8) is 0 Å². The van der Waals surface area contributed by atoms with Crippen LogP contribution < -0.4 is 5.32 Å². The van der Waals surface area contributed by atoms with E-state index >= 15 is 0 Å². The number of nitrogens with one attached hydrogen (secondary N) is 1. The Bertz CT molecular complexity index is 602. The zero-order valence-electron chi connectivity index (χ0n) is 9.51. The number of anilines is 1. The average Bonchev–Trinajstić information content (AvgIpc) is 2.34. The standard InChI is InChI=1S/C12H10BrN3O2/c1-7-2-11(15-6-10(7)13)16-12(18)8-3-9(17)5-14-4-8/h2-6,17H,1H3,(H,15,16,18). The Morgan fingerprint density at radius 3 is 2.78 bits per heavy atom. The summed E-state index contributed by atoms with van der Waals surface area (Å²) in [4.78, 5) is 19.7. The molecule has 0 aliphatic rings. The maximum Gasteiger partial charge on any atom is 0.258 e. The van der Waals surface area contributed by atoms with Crippen molar-refractivity contribution in [2.24, 2.45) is 0 Å². The molecule has 0 aliphatic carbocycles. The van der Waals surface area contributed by atoms with Crippen molar-refractivity contribution in [1.29, 1.82) is 0 Å². The smallest absolute Gasteiger partial charge is 0.258 e. The molecular weight excluding hydrogens is 298 g/mol. The minimum atomic E-state index is -0.368. The molecule has 2 aromatic rings. The molecule has 92 valence electrons. The van der Waals surface area contributed by atoms with Crippen LogP contribution in [0.25, 0.3) is 0 Å². The summed E-state index contributed by atoms with van der Waals surface area (Å²) in [5.41, 5.74) is 1.24. The molecule has 0 unspecified atom stereocenters. The number of aromatic nitrogens is 2. The fourth-order valence-corrected chi connectivity index (χ4v) is 1.56. The van der Waals surface area contributed by atoms with E-state index < -0.39 is 0 Å². The summed E-state index contributed by atoms with van der Waals surface area (Å²) < 4.78 is 0.875. The van der Waals surface area contributed by atoms with Crippen LogP contribution in [0.15, 0.2) is 35.2 Å². The van der Waals surface area contributed by atoms with Gasteiger partial charge in [0.25, 0.3) is 5.91 Å². The maximum absolute atomic E-state index is 11.8. The molecule has 0 fully saturated rings. The van der Waals surface area contributed by atoms with Gasteiger partial charge in [-0.3, -0.25) is 9.78 Å². The van der Waals surface area contributed by atoms with Crippen molar-refractivity contribution < 1.29 is 9.90 Å². The molecule has 0 spiro atoms. The third kappa shape index (κ3) is 2.84. The summed E-state index contributed by atoms with van der Waals surface area (Å²) in [5, 5.41) is 11.9. The van der Waals surface area contributed by atoms with Crippen LogP contribution in [0.4, 0.5) is 5.82 Å². The van der Waals surface area contributed by atoms with Gasteiger partial charge in [0.1, 0.15) is 11.6 Å². The van der Waals surface area contributed by atoms with Crippen LogP contribution in [0.1, 0.15) is 15.9 Å². The van der Waals surface area contributed by atoms with Gasteiger partial charge in [0.05, 0.1) is 11.8 Å². The highest BCUT2D eigenvalue weighted by molar-refractivity contribution is 9.10. The fraction of sp³-hybridized carbons (Fsp3) is 0.0833. The highest BCUT2D eigenvalue weighted by Crippen LogP contribution is 2.18. The van der Waals surface area contributed by atoms with Gasteiger partial charge in [0.15, 0.2) is 0 Å². The van der Waals surface area contributed by atoms with Crippen LogP contribution in [-0.2, 0) is 0 Å². The molecule has 6 heteroatoms. The summed E-state index contributed by atoms with van der Waals surface area (Å²) in [6, 6.07) is 3.09. The minimum absolute atomic E-state index is 0.0532. The number of pyridine rings is 2. The Balaban J connectivity index is 2.18. The predicted octanol–water partition coefficient (Wildman–Crippen LogP) is 2.51. The van der Waals surface area contributed by atoms with Crippen LogP contribution in [0.2, 0.25) is 0 Å². The second kappa shape index (κ2) is 5.14. The van der Waals surface area contributed by atoms with E-state index in [1.165, 1.54) is 18.5 Å². The summed E-state index contributed by atoms with van der Waals surface area (Å²) in [6.07, 6.45) is 4.26. The van der Waals surface area contributed by atoms with E-state index in [0.717, 1.165) is 10.0 Å². The Morgan fingerprint density at radius 2 is 2.11 bits per heavy atom. The number of nitrogens with zero attached hydrogens (tertiary/aromatic N) is 2. The minimum Gasteiger partial charge on any atom is -0.506 e. The molecule has 2 N–H and O–H groups in total. The summed E-state index contributed by atoms with van der Waals surface area (Å²) in [7, 11) is 0. The molecule has 0 saturated heterocycles. The number of halogens is 1. The van der Waals surface area contributed by atoms with Gasteiger partial charge >= 0.3 is 0 Å². The molecule has 0 saturated carbocycles. The number of hydrogen-bond donors (Lipinski definition) is 2. The van der Waals surface area contributed by atoms with Crippen molar-refractivity contribution in [3.05, 3.63) is 46.3 Å². The van der Waals surface area contributed by atoms with Crippen molar-refractivity contribution in [2.75, 3.05) is 5.32 Å². The van der Waals surface area contributed by atoms with E-state index in [0.29, 0.717) is 5.82 Å². The molecule has 0 aromatic carbocycles. The Hall–Kier alpha value is -1.95. The molecular formula is C12H10BrN3O2. The Labute approximate surface area is 112 Å². The Morgan fingerprint density at radius 1 is 1.33 bits per heavy atom. The van der Waals surface area contributed by atoms with Crippen molar-refractivity contribution in [1.82, 2.24) is 9.97 Å². The highest BCUT2D eigenvalue weighted by Gasteiger charge is 2.08. The van der Waals surface area contributed by atoms with Gasteiger partial charge in [0.2, 0.25) is 0 Å². The normalized spacial score (nSPS) is 10.1. The lowest BCUT2D eigenvalue weighted by molar-refractivity contribution is 0.102. The summed E-state index contributed by atoms with van der Waals surface area (Å²) >= 11 is 3.33. The molecule has 0 aliphatic heterocycles. The third-order valence-electron chi connectivity index (χ3n) is 2.27. The molecule has 2 aromatic heterocycles. The van der Waals surface area contributed by atoms with Gasteiger partial charge in [-0.05, 0) is 40.5 Å². The van der Waals surface area contributed by atoms with Crippen LogP contribution in [0, 0.1) is 6.92 Å². The monoisotopic (exact) mass is 307 g/mol. The largest absolute Gasteiger partial charge is 0.506 e. The van der Waals surface area contributed by atoms with Gasteiger partial charge in [-0.25, -0.2) is 4.98 Å². The number of carbonyl (C=O) groups is 1. The van der Waals surface area contributed by atoms with Crippen LogP contribution in [0.3, 0.4) is 0 Å². The lowest BCUT2D eigenvalue weighted by Gasteiger charge is -2.06. The quantitative estimate of drug-likeness (QED) is 0.894. The lowest BCUT2D eigenvalue weighted by Crippen LogP contribution is -2.13. The van der Waals surface area contributed by atoms with Crippen molar-refractivity contribution in [3.8, 4) is 5.75 Å². The number of rotatable bonds is 2. The first-order valence-electron chi connectivity index (χ1n) is 5.14. The van der Waals surface area contributed by atoms with Gasteiger partial charge in [-0.1, -0.05) is 0 Å². The van der Waals surface area contributed by atoms with E-state index in [4.69, 9.17) is 0 Å². The van der Waals surface area contributed by atoms with E-state index in [2.05, 4.69) is 31.2 Å². The summed E-state index contributed by atoms with van der Waals surface area (Å²) in [5.74, 6) is 0.0271. The molecule has 1 amide bonds. The predicted molar refractivity (Wildman–Crippen MR) is 70.5 cm³/mol. The van der Waals surface area contributed by atoms with Gasteiger partial charge < -0.3 is 10.4 Å². The molecule has 0 atom stereocenters. The zero-order valence-corrected chi connectivity index (χ0v) is 11.1. The molecule has 2 heterocycles. The number of amides is 1. The maximum atomic E-state index is 11.8. The second-order valence-electron chi connectivity index (χ2n) is 3.70. The molecule has 18 heavy (non-hydrogen) atoms. The number of aromatic hydroxyl groups is 1. The first kappa shape index (κ1) is 12.5. The number of carbonyl (C=O) groups excluding carboxylic acids is 1. The van der Waals surface area contributed by atoms with E-state index in [1.807, 2.05) is 6.92 Å². The zero-order chi connectivity index (χ0) is 13.1. The van der Waals surface area contributed by atoms with Crippen LogP contribution >= 0.6 is 15.9 Å². The highest BCUT2D eigenvalue weighted by atomic mass is 79.9. The van der Waals surface area contributed by atoms with Crippen LogP contribution in [-0.4, -0.2) is 21.0 Å². The average molecular weight is 308 g/mol. The van der Waals surface area contributed by atoms with Gasteiger partial charge in [-0.2, -0.15) is 0 Å². The van der Waals surface area contributed by atoms with Crippen LogP contribution in [0.5, 0.6) is 5.75 Å². The first-order valence-corrected chi connectivity index (χ1v) is 5.93. The van der Waals surface area contributed by atoms with Gasteiger partial charge in [-0.15, -0.1) is 0 Å². The van der Waals surface area contributed by atoms with E-state index in [1.54, 1.807) is 12.3 Å². The molecule has 2 rings (SSSR count). The SMILES string of the molecule is Cc1cc(NC(=O)c2cncc(O)c2)ncc1Br.